The molecule has 9 heteroatoms. The van der Waals surface area contributed by atoms with E-state index in [0.29, 0.717) is 18.3 Å². The van der Waals surface area contributed by atoms with Crippen LogP contribution in [0.2, 0.25) is 0 Å². The van der Waals surface area contributed by atoms with Gasteiger partial charge in [-0.05, 0) is 13.0 Å². The van der Waals surface area contributed by atoms with Gasteiger partial charge in [0.25, 0.3) is 5.69 Å². The molecule has 0 saturated heterocycles. The second-order valence-corrected chi connectivity index (χ2v) is 4.19. The van der Waals surface area contributed by atoms with E-state index in [9.17, 15) is 23.3 Å². The first-order valence-corrected chi connectivity index (χ1v) is 5.96. The number of aromatic nitrogens is 2. The normalized spacial score (nSPS) is 11.4. The molecular weight excluding hydrogens is 289 g/mol. The lowest BCUT2D eigenvalue weighted by atomic mass is 10.1. The molecule has 2 aromatic rings. The molecule has 1 aromatic heterocycles. The summed E-state index contributed by atoms with van der Waals surface area (Å²) < 4.78 is 40.5. The summed E-state index contributed by atoms with van der Waals surface area (Å²) in [6.45, 7) is 2.41. The fraction of sp³-hybridized carbons (Fsp3) is 0.250. The molecule has 0 radical (unpaired) electrons. The Kier molecular flexibility index (Phi) is 3.83. The average Bonchev–Trinajstić information content (AvgIpc) is 2.85. The Bertz CT molecular complexity index is 667. The van der Waals surface area contributed by atoms with Crippen LogP contribution in [-0.2, 0) is 12.7 Å². The van der Waals surface area contributed by atoms with Crippen molar-refractivity contribution in [2.24, 2.45) is 0 Å². The van der Waals surface area contributed by atoms with Crippen molar-refractivity contribution >= 4 is 17.1 Å². The van der Waals surface area contributed by atoms with Crippen LogP contribution in [0.4, 0.5) is 30.2 Å². The second kappa shape index (κ2) is 5.43. The SMILES string of the molecule is CCn1cc(Nc2ccc([N+](=O)[O-])cc2C(F)(F)F)cn1. The second-order valence-electron chi connectivity index (χ2n) is 4.19. The van der Waals surface area contributed by atoms with Crippen LogP contribution in [0.15, 0.2) is 30.6 Å². The third kappa shape index (κ3) is 3.30. The molecule has 1 heterocycles. The molecule has 0 bridgehead atoms. The lowest BCUT2D eigenvalue weighted by Crippen LogP contribution is -2.09. The number of anilines is 2. The van der Waals surface area contributed by atoms with E-state index in [4.69, 9.17) is 0 Å². The van der Waals surface area contributed by atoms with E-state index in [0.717, 1.165) is 12.1 Å². The molecule has 0 amide bonds. The molecule has 0 atom stereocenters. The maximum absolute atomic E-state index is 13.0. The molecule has 0 fully saturated rings. The summed E-state index contributed by atoms with van der Waals surface area (Å²) in [4.78, 5) is 9.73. The van der Waals surface area contributed by atoms with Gasteiger partial charge >= 0.3 is 6.18 Å². The predicted octanol–water partition coefficient (Wildman–Crippen LogP) is 3.57. The molecule has 1 aromatic carbocycles. The Hall–Kier alpha value is -2.58. The third-order valence-corrected chi connectivity index (χ3v) is 2.76. The van der Waals surface area contributed by atoms with Gasteiger partial charge in [-0.2, -0.15) is 18.3 Å². The van der Waals surface area contributed by atoms with Crippen LogP contribution in [0, 0.1) is 10.1 Å². The molecule has 112 valence electrons. The predicted molar refractivity (Wildman–Crippen MR) is 69.3 cm³/mol. The van der Waals surface area contributed by atoms with Crippen molar-refractivity contribution in [1.29, 1.82) is 0 Å². The van der Waals surface area contributed by atoms with Crippen molar-refractivity contribution < 1.29 is 18.1 Å². The highest BCUT2D eigenvalue weighted by atomic mass is 19.4. The van der Waals surface area contributed by atoms with Crippen molar-refractivity contribution in [1.82, 2.24) is 9.78 Å². The number of aryl methyl sites for hydroxylation is 1. The Morgan fingerprint density at radius 3 is 2.67 bits per heavy atom. The highest BCUT2D eigenvalue weighted by Gasteiger charge is 2.35. The first kappa shape index (κ1) is 14.8. The highest BCUT2D eigenvalue weighted by Crippen LogP contribution is 2.38. The number of nitrogens with zero attached hydrogens (tertiary/aromatic N) is 3. The number of benzene rings is 1. The quantitative estimate of drug-likeness (QED) is 0.692. The van der Waals surface area contributed by atoms with Crippen LogP contribution in [0.1, 0.15) is 12.5 Å². The molecular formula is C12H11F3N4O2. The molecule has 0 saturated carbocycles. The van der Waals surface area contributed by atoms with Crippen molar-refractivity contribution in [3.8, 4) is 0 Å². The van der Waals surface area contributed by atoms with E-state index in [-0.39, 0.29) is 5.69 Å². The number of nitro groups is 1. The summed E-state index contributed by atoms with van der Waals surface area (Å²) >= 11 is 0. The van der Waals surface area contributed by atoms with E-state index in [1.807, 2.05) is 6.92 Å². The Balaban J connectivity index is 2.40. The van der Waals surface area contributed by atoms with Gasteiger partial charge in [-0.3, -0.25) is 14.8 Å². The number of nitro benzene ring substituents is 1. The van der Waals surface area contributed by atoms with Crippen LogP contribution < -0.4 is 5.32 Å². The zero-order chi connectivity index (χ0) is 15.6. The molecule has 2 rings (SSSR count). The molecule has 21 heavy (non-hydrogen) atoms. The summed E-state index contributed by atoms with van der Waals surface area (Å²) in [7, 11) is 0. The van der Waals surface area contributed by atoms with Crippen LogP contribution in [0.3, 0.4) is 0 Å². The zero-order valence-corrected chi connectivity index (χ0v) is 10.9. The summed E-state index contributed by atoms with van der Waals surface area (Å²) in [5, 5.41) is 17.1. The standard InChI is InChI=1S/C12H11F3N4O2/c1-2-18-7-8(6-16-18)17-11-4-3-9(19(20)21)5-10(11)12(13,14)15/h3-7,17H,2H2,1H3. The maximum Gasteiger partial charge on any atom is 0.418 e. The first-order valence-electron chi connectivity index (χ1n) is 5.96. The largest absolute Gasteiger partial charge is 0.418 e. The third-order valence-electron chi connectivity index (χ3n) is 2.76. The molecule has 0 aliphatic carbocycles. The van der Waals surface area contributed by atoms with Crippen LogP contribution >= 0.6 is 0 Å². The van der Waals surface area contributed by atoms with Crippen LogP contribution in [-0.4, -0.2) is 14.7 Å². The van der Waals surface area contributed by atoms with Crippen molar-refractivity contribution in [2.45, 2.75) is 19.6 Å². The smallest absolute Gasteiger partial charge is 0.352 e. The van der Waals surface area contributed by atoms with Gasteiger partial charge in [0.1, 0.15) is 0 Å². The summed E-state index contributed by atoms with van der Waals surface area (Å²) in [5.74, 6) is 0. The number of hydrogen-bond acceptors (Lipinski definition) is 4. The van der Waals surface area contributed by atoms with Gasteiger partial charge in [0.15, 0.2) is 0 Å². The van der Waals surface area contributed by atoms with Gasteiger partial charge in [0, 0.05) is 24.9 Å². The van der Waals surface area contributed by atoms with Crippen molar-refractivity contribution in [3.05, 3.63) is 46.3 Å². The molecule has 0 spiro atoms. The lowest BCUT2D eigenvalue weighted by molar-refractivity contribution is -0.385. The topological polar surface area (TPSA) is 73.0 Å². The molecule has 1 N–H and O–H groups in total. The summed E-state index contributed by atoms with van der Waals surface area (Å²) in [5.41, 5.74) is -1.60. The van der Waals surface area contributed by atoms with Crippen LogP contribution in [0.25, 0.3) is 0 Å². The molecule has 0 aliphatic rings. The fourth-order valence-electron chi connectivity index (χ4n) is 1.75. The number of halogens is 3. The van der Waals surface area contributed by atoms with E-state index in [2.05, 4.69) is 10.4 Å². The fourth-order valence-corrected chi connectivity index (χ4v) is 1.75. The monoisotopic (exact) mass is 300 g/mol. The number of non-ortho nitro benzene ring substituents is 1. The van der Waals surface area contributed by atoms with E-state index in [1.54, 1.807) is 10.9 Å². The number of nitrogens with one attached hydrogen (secondary N) is 1. The molecule has 0 aliphatic heterocycles. The number of hydrogen-bond donors (Lipinski definition) is 1. The first-order chi connectivity index (χ1) is 9.81. The Labute approximate surface area is 117 Å². The number of rotatable bonds is 4. The van der Waals surface area contributed by atoms with Gasteiger partial charge in [-0.15, -0.1) is 0 Å². The summed E-state index contributed by atoms with van der Waals surface area (Å²) in [6, 6.07) is 2.55. The van der Waals surface area contributed by atoms with Gasteiger partial charge < -0.3 is 5.32 Å². The molecule has 0 unspecified atom stereocenters. The molecule has 6 nitrogen and oxygen atoms in total. The zero-order valence-electron chi connectivity index (χ0n) is 10.9. The minimum absolute atomic E-state index is 0.260. The van der Waals surface area contributed by atoms with Gasteiger partial charge in [-0.25, -0.2) is 0 Å². The minimum atomic E-state index is -4.70. The van der Waals surface area contributed by atoms with Crippen molar-refractivity contribution in [2.75, 3.05) is 5.32 Å². The van der Waals surface area contributed by atoms with Crippen LogP contribution in [0.5, 0.6) is 0 Å². The summed E-state index contributed by atoms with van der Waals surface area (Å²) in [6.07, 6.45) is -1.78. The van der Waals surface area contributed by atoms with Crippen molar-refractivity contribution in [3.63, 3.8) is 0 Å². The Morgan fingerprint density at radius 1 is 1.43 bits per heavy atom. The average molecular weight is 300 g/mol. The van der Waals surface area contributed by atoms with E-state index < -0.39 is 22.4 Å². The van der Waals surface area contributed by atoms with Gasteiger partial charge in [0.05, 0.1) is 28.1 Å². The van der Waals surface area contributed by atoms with E-state index >= 15 is 0 Å². The van der Waals surface area contributed by atoms with Gasteiger partial charge in [0.2, 0.25) is 0 Å². The lowest BCUT2D eigenvalue weighted by Gasteiger charge is -2.13. The van der Waals surface area contributed by atoms with E-state index in [1.165, 1.54) is 6.20 Å². The van der Waals surface area contributed by atoms with Gasteiger partial charge in [-0.1, -0.05) is 0 Å². The maximum atomic E-state index is 13.0. The minimum Gasteiger partial charge on any atom is -0.352 e. The Morgan fingerprint density at radius 2 is 2.14 bits per heavy atom. The highest BCUT2D eigenvalue weighted by molar-refractivity contribution is 5.65. The number of alkyl halides is 3.